The number of hydrogen-bond donors (Lipinski definition) is 1. The lowest BCUT2D eigenvalue weighted by atomic mass is 9.99. The van der Waals surface area contributed by atoms with Gasteiger partial charge in [-0.05, 0) is 49.9 Å². The van der Waals surface area contributed by atoms with E-state index in [0.29, 0.717) is 0 Å². The van der Waals surface area contributed by atoms with Gasteiger partial charge in [-0.25, -0.2) is 0 Å². The van der Waals surface area contributed by atoms with Crippen LogP contribution in [0.5, 0.6) is 0 Å². The van der Waals surface area contributed by atoms with Crippen molar-refractivity contribution in [2.45, 2.75) is 52.4 Å². The van der Waals surface area contributed by atoms with Crippen LogP contribution in [-0.2, 0) is 4.79 Å². The van der Waals surface area contributed by atoms with Crippen molar-refractivity contribution in [2.24, 2.45) is 5.92 Å². The van der Waals surface area contributed by atoms with Gasteiger partial charge in [-0.15, -0.1) is 0 Å². The maximum Gasteiger partial charge on any atom is 0.227 e. The van der Waals surface area contributed by atoms with Gasteiger partial charge in [0.2, 0.25) is 5.91 Å². The predicted molar refractivity (Wildman–Crippen MR) is 83.4 cm³/mol. The molecule has 1 aromatic rings. The highest BCUT2D eigenvalue weighted by Crippen LogP contribution is 2.27. The molecule has 0 saturated heterocycles. The third kappa shape index (κ3) is 3.82. The minimum atomic E-state index is 0.197. The summed E-state index contributed by atoms with van der Waals surface area (Å²) in [5, 5.41) is 3.09. The van der Waals surface area contributed by atoms with Gasteiger partial charge in [-0.1, -0.05) is 41.6 Å². The summed E-state index contributed by atoms with van der Waals surface area (Å²) in [6.45, 7) is 4.11. The fourth-order valence-corrected chi connectivity index (χ4v) is 3.03. The Morgan fingerprint density at radius 3 is 2.16 bits per heavy atom. The monoisotopic (exact) mass is 323 g/mol. The molecule has 104 valence electrons. The smallest absolute Gasteiger partial charge is 0.227 e. The van der Waals surface area contributed by atoms with E-state index >= 15 is 0 Å². The van der Waals surface area contributed by atoms with E-state index < -0.39 is 0 Å². The highest BCUT2D eigenvalue weighted by Gasteiger charge is 2.20. The Morgan fingerprint density at radius 1 is 1.11 bits per heavy atom. The fraction of sp³-hybridized carbons (Fsp3) is 0.562. The van der Waals surface area contributed by atoms with Crippen LogP contribution >= 0.6 is 15.9 Å². The van der Waals surface area contributed by atoms with Crippen molar-refractivity contribution in [3.8, 4) is 0 Å². The highest BCUT2D eigenvalue weighted by molar-refractivity contribution is 9.10. The molecule has 1 N–H and O–H groups in total. The van der Waals surface area contributed by atoms with E-state index in [2.05, 4.69) is 35.1 Å². The molecular weight excluding hydrogens is 302 g/mol. The van der Waals surface area contributed by atoms with Gasteiger partial charge < -0.3 is 5.32 Å². The second kappa shape index (κ2) is 6.56. The summed E-state index contributed by atoms with van der Waals surface area (Å²) >= 11 is 3.55. The molecule has 2 nitrogen and oxygen atoms in total. The van der Waals surface area contributed by atoms with E-state index in [0.717, 1.165) is 34.1 Å². The van der Waals surface area contributed by atoms with E-state index in [4.69, 9.17) is 0 Å². The standard InChI is InChI=1S/C16H22BrNO/c1-11-9-14(10-12(2)15(11)17)18-16(19)13-7-5-3-4-6-8-13/h9-10,13H,3-8H2,1-2H3,(H,18,19). The Kier molecular flexibility index (Phi) is 5.03. The molecule has 0 radical (unpaired) electrons. The summed E-state index contributed by atoms with van der Waals surface area (Å²) in [4.78, 5) is 12.3. The number of halogens is 1. The lowest BCUT2D eigenvalue weighted by molar-refractivity contribution is -0.120. The summed E-state index contributed by atoms with van der Waals surface area (Å²) in [6.07, 6.45) is 7.02. The molecule has 1 amide bonds. The van der Waals surface area contributed by atoms with Crippen molar-refractivity contribution in [3.05, 3.63) is 27.7 Å². The largest absolute Gasteiger partial charge is 0.326 e. The molecule has 0 bridgehead atoms. The minimum Gasteiger partial charge on any atom is -0.326 e. The third-order valence-corrected chi connectivity index (χ3v) is 5.18. The van der Waals surface area contributed by atoms with Crippen LogP contribution in [-0.4, -0.2) is 5.91 Å². The summed E-state index contributed by atoms with van der Waals surface area (Å²) < 4.78 is 1.12. The second-order valence-corrected chi connectivity index (χ2v) is 6.39. The fourth-order valence-electron chi connectivity index (χ4n) is 2.80. The van der Waals surface area contributed by atoms with Crippen molar-refractivity contribution in [3.63, 3.8) is 0 Å². The molecule has 3 heteroatoms. The quantitative estimate of drug-likeness (QED) is 0.764. The number of benzene rings is 1. The molecule has 19 heavy (non-hydrogen) atoms. The Balaban J connectivity index is 2.05. The minimum absolute atomic E-state index is 0.197. The van der Waals surface area contributed by atoms with E-state index in [-0.39, 0.29) is 11.8 Å². The molecule has 0 atom stereocenters. The number of aryl methyl sites for hydroxylation is 2. The van der Waals surface area contributed by atoms with Gasteiger partial charge >= 0.3 is 0 Å². The normalized spacial score (nSPS) is 17.0. The molecule has 0 aliphatic heterocycles. The van der Waals surface area contributed by atoms with Crippen molar-refractivity contribution in [2.75, 3.05) is 5.32 Å². The Hall–Kier alpha value is -0.830. The first-order chi connectivity index (χ1) is 9.08. The second-order valence-electron chi connectivity index (χ2n) is 5.60. The first kappa shape index (κ1) is 14.6. The van der Waals surface area contributed by atoms with Crippen LogP contribution in [0, 0.1) is 19.8 Å². The van der Waals surface area contributed by atoms with Gasteiger partial charge in [0.05, 0.1) is 0 Å². The zero-order valence-corrected chi connectivity index (χ0v) is 13.3. The average molecular weight is 324 g/mol. The van der Waals surface area contributed by atoms with Gasteiger partial charge in [-0.3, -0.25) is 4.79 Å². The zero-order chi connectivity index (χ0) is 13.8. The van der Waals surface area contributed by atoms with Gasteiger partial charge in [0.1, 0.15) is 0 Å². The highest BCUT2D eigenvalue weighted by atomic mass is 79.9. The van der Waals surface area contributed by atoms with Crippen molar-refractivity contribution >= 4 is 27.5 Å². The number of carbonyl (C=O) groups is 1. The molecule has 1 fully saturated rings. The van der Waals surface area contributed by atoms with Crippen LogP contribution in [0.3, 0.4) is 0 Å². The Bertz CT molecular complexity index is 439. The summed E-state index contributed by atoms with van der Waals surface area (Å²) in [5.41, 5.74) is 3.25. The first-order valence-electron chi connectivity index (χ1n) is 7.15. The SMILES string of the molecule is Cc1cc(NC(=O)C2CCCCCC2)cc(C)c1Br. The number of carbonyl (C=O) groups excluding carboxylic acids is 1. The van der Waals surface area contributed by atoms with Gasteiger partial charge in [-0.2, -0.15) is 0 Å². The van der Waals surface area contributed by atoms with Gasteiger partial charge in [0, 0.05) is 16.1 Å². The molecular formula is C16H22BrNO. The maximum absolute atomic E-state index is 12.3. The van der Waals surface area contributed by atoms with Gasteiger partial charge in [0.25, 0.3) is 0 Å². The molecule has 1 aliphatic carbocycles. The molecule has 1 aromatic carbocycles. The molecule has 0 heterocycles. The molecule has 0 aromatic heterocycles. The van der Waals surface area contributed by atoms with E-state index in [1.165, 1.54) is 25.7 Å². The molecule has 1 saturated carbocycles. The average Bonchev–Trinajstić information content (AvgIpc) is 2.64. The molecule has 0 unspecified atom stereocenters. The Morgan fingerprint density at radius 2 is 1.63 bits per heavy atom. The summed E-state index contributed by atoms with van der Waals surface area (Å²) in [5.74, 6) is 0.398. The van der Waals surface area contributed by atoms with Crippen LogP contribution in [0.2, 0.25) is 0 Å². The number of rotatable bonds is 2. The lowest BCUT2D eigenvalue weighted by Crippen LogP contribution is -2.22. The number of anilines is 1. The van der Waals surface area contributed by atoms with Crippen LogP contribution in [0.25, 0.3) is 0 Å². The number of amides is 1. The number of hydrogen-bond acceptors (Lipinski definition) is 1. The van der Waals surface area contributed by atoms with Crippen LogP contribution in [0.4, 0.5) is 5.69 Å². The summed E-state index contributed by atoms with van der Waals surface area (Å²) in [6, 6.07) is 4.07. The van der Waals surface area contributed by atoms with E-state index in [1.54, 1.807) is 0 Å². The molecule has 2 rings (SSSR count). The molecule has 0 spiro atoms. The zero-order valence-electron chi connectivity index (χ0n) is 11.8. The summed E-state index contributed by atoms with van der Waals surface area (Å²) in [7, 11) is 0. The maximum atomic E-state index is 12.3. The van der Waals surface area contributed by atoms with Crippen molar-refractivity contribution in [1.82, 2.24) is 0 Å². The van der Waals surface area contributed by atoms with Crippen LogP contribution in [0.15, 0.2) is 16.6 Å². The number of nitrogens with one attached hydrogen (secondary N) is 1. The lowest BCUT2D eigenvalue weighted by Gasteiger charge is -2.15. The van der Waals surface area contributed by atoms with Crippen molar-refractivity contribution < 1.29 is 4.79 Å². The molecule has 1 aliphatic rings. The topological polar surface area (TPSA) is 29.1 Å². The van der Waals surface area contributed by atoms with Crippen LogP contribution in [0.1, 0.15) is 49.7 Å². The van der Waals surface area contributed by atoms with E-state index in [1.807, 2.05) is 12.1 Å². The van der Waals surface area contributed by atoms with Crippen LogP contribution < -0.4 is 5.32 Å². The predicted octanol–water partition coefficient (Wildman–Crippen LogP) is 4.97. The first-order valence-corrected chi connectivity index (χ1v) is 7.95. The third-order valence-electron chi connectivity index (χ3n) is 3.93. The van der Waals surface area contributed by atoms with Crippen molar-refractivity contribution in [1.29, 1.82) is 0 Å². The Labute approximate surface area is 124 Å². The van der Waals surface area contributed by atoms with Gasteiger partial charge in [0.15, 0.2) is 0 Å². The van der Waals surface area contributed by atoms with E-state index in [9.17, 15) is 4.79 Å².